The first-order valence-electron chi connectivity index (χ1n) is 6.59. The van der Waals surface area contributed by atoms with Gasteiger partial charge in [0, 0.05) is 10.7 Å². The molecular weight excluding hydrogens is 292 g/mol. The van der Waals surface area contributed by atoms with Crippen LogP contribution in [0.5, 0.6) is 11.5 Å². The van der Waals surface area contributed by atoms with Gasteiger partial charge in [-0.15, -0.1) is 0 Å². The zero-order valence-corrected chi connectivity index (χ0v) is 12.8. The molecule has 0 atom stereocenters. The lowest BCUT2D eigenvalue weighted by Crippen LogP contribution is -2.37. The van der Waals surface area contributed by atoms with E-state index in [1.54, 1.807) is 7.11 Å². The predicted molar refractivity (Wildman–Crippen MR) is 77.9 cm³/mol. The summed E-state index contributed by atoms with van der Waals surface area (Å²) >= 11 is 3.60. The molecule has 2 rings (SSSR count). The number of hydrogen-bond donors (Lipinski definition) is 0. The monoisotopic (exact) mass is 312 g/mol. The van der Waals surface area contributed by atoms with Gasteiger partial charge < -0.3 is 9.47 Å². The molecule has 1 aliphatic rings. The Labute approximate surface area is 118 Å². The molecule has 0 saturated heterocycles. The van der Waals surface area contributed by atoms with Gasteiger partial charge in [-0.2, -0.15) is 0 Å². The average Bonchev–Trinajstić information content (AvgIpc) is 2.38. The van der Waals surface area contributed by atoms with Crippen LogP contribution in [0.25, 0.3) is 0 Å². The summed E-state index contributed by atoms with van der Waals surface area (Å²) in [6, 6.07) is 6.20. The molecule has 3 heteroatoms. The third kappa shape index (κ3) is 2.82. The Kier molecular flexibility index (Phi) is 4.55. The van der Waals surface area contributed by atoms with Crippen molar-refractivity contribution in [3.8, 4) is 11.5 Å². The highest BCUT2D eigenvalue weighted by atomic mass is 79.9. The summed E-state index contributed by atoms with van der Waals surface area (Å²) in [5, 5.41) is 1.02. The Morgan fingerprint density at radius 1 is 1.28 bits per heavy atom. The quantitative estimate of drug-likeness (QED) is 0.733. The van der Waals surface area contributed by atoms with Crippen LogP contribution >= 0.6 is 15.9 Å². The lowest BCUT2D eigenvalue weighted by atomic mass is 9.71. The maximum absolute atomic E-state index is 5.97. The number of hydrogen-bond acceptors (Lipinski definition) is 2. The standard InChI is InChI=1S/C15H21BrO2/c1-3-12-5-6-13(14(9-12)17-2)18-11-15(10-16)7-4-8-15/h5-6,9H,3-4,7-8,10-11H2,1-2H3. The minimum atomic E-state index is 0.342. The van der Waals surface area contributed by atoms with Crippen LogP contribution in [0.1, 0.15) is 31.7 Å². The molecule has 0 spiro atoms. The molecule has 0 radical (unpaired) electrons. The van der Waals surface area contributed by atoms with Crippen molar-refractivity contribution in [1.82, 2.24) is 0 Å². The second-order valence-electron chi connectivity index (χ2n) is 5.11. The van der Waals surface area contributed by atoms with Gasteiger partial charge in [0.15, 0.2) is 11.5 Å². The first-order valence-corrected chi connectivity index (χ1v) is 7.71. The maximum Gasteiger partial charge on any atom is 0.161 e. The highest BCUT2D eigenvalue weighted by Crippen LogP contribution is 2.43. The number of methoxy groups -OCH3 is 1. The van der Waals surface area contributed by atoms with Crippen LogP contribution in [0.15, 0.2) is 18.2 Å². The molecule has 1 aliphatic carbocycles. The summed E-state index contributed by atoms with van der Waals surface area (Å²) in [5.41, 5.74) is 1.62. The molecule has 0 aliphatic heterocycles. The second-order valence-corrected chi connectivity index (χ2v) is 5.68. The van der Waals surface area contributed by atoms with Crippen LogP contribution in [-0.4, -0.2) is 19.0 Å². The molecule has 0 aromatic heterocycles. The number of halogens is 1. The summed E-state index contributed by atoms with van der Waals surface area (Å²) in [5.74, 6) is 1.71. The highest BCUT2D eigenvalue weighted by molar-refractivity contribution is 9.09. The molecule has 0 amide bonds. The van der Waals surface area contributed by atoms with Crippen molar-refractivity contribution in [3.05, 3.63) is 23.8 Å². The molecule has 0 bridgehead atoms. The fourth-order valence-electron chi connectivity index (χ4n) is 2.28. The van der Waals surface area contributed by atoms with E-state index >= 15 is 0 Å². The van der Waals surface area contributed by atoms with E-state index in [0.29, 0.717) is 5.41 Å². The molecule has 1 aromatic carbocycles. The maximum atomic E-state index is 5.97. The fourth-order valence-corrected chi connectivity index (χ4v) is 3.00. The minimum Gasteiger partial charge on any atom is -0.493 e. The van der Waals surface area contributed by atoms with Gasteiger partial charge in [0.05, 0.1) is 13.7 Å². The Balaban J connectivity index is 2.04. The van der Waals surface area contributed by atoms with E-state index in [2.05, 4.69) is 35.0 Å². The van der Waals surface area contributed by atoms with Crippen LogP contribution in [0.2, 0.25) is 0 Å². The van der Waals surface area contributed by atoms with Gasteiger partial charge in [0.2, 0.25) is 0 Å². The van der Waals surface area contributed by atoms with Crippen LogP contribution in [0.4, 0.5) is 0 Å². The first-order chi connectivity index (χ1) is 8.73. The van der Waals surface area contributed by atoms with Crippen molar-refractivity contribution in [1.29, 1.82) is 0 Å². The summed E-state index contributed by atoms with van der Waals surface area (Å²) in [7, 11) is 1.70. The fraction of sp³-hybridized carbons (Fsp3) is 0.600. The summed E-state index contributed by atoms with van der Waals surface area (Å²) in [4.78, 5) is 0. The highest BCUT2D eigenvalue weighted by Gasteiger charge is 2.36. The van der Waals surface area contributed by atoms with Crippen molar-refractivity contribution in [3.63, 3.8) is 0 Å². The van der Waals surface area contributed by atoms with Crippen LogP contribution in [0.3, 0.4) is 0 Å². The number of ether oxygens (including phenoxy) is 2. The zero-order valence-electron chi connectivity index (χ0n) is 11.2. The molecule has 1 fully saturated rings. The van der Waals surface area contributed by atoms with Gasteiger partial charge in [-0.3, -0.25) is 0 Å². The van der Waals surface area contributed by atoms with Crippen molar-refractivity contribution in [2.75, 3.05) is 19.0 Å². The van der Waals surface area contributed by atoms with Gasteiger partial charge in [-0.25, -0.2) is 0 Å². The van der Waals surface area contributed by atoms with Crippen molar-refractivity contribution >= 4 is 15.9 Å². The number of rotatable bonds is 6. The Morgan fingerprint density at radius 2 is 2.06 bits per heavy atom. The van der Waals surface area contributed by atoms with E-state index in [9.17, 15) is 0 Å². The van der Waals surface area contributed by atoms with E-state index in [1.807, 2.05) is 6.07 Å². The number of benzene rings is 1. The van der Waals surface area contributed by atoms with Gasteiger partial charge in [0.1, 0.15) is 0 Å². The Bertz CT molecular complexity index is 394. The normalized spacial score (nSPS) is 17.1. The lowest BCUT2D eigenvalue weighted by Gasteiger charge is -2.40. The summed E-state index contributed by atoms with van der Waals surface area (Å²) in [6.45, 7) is 2.92. The summed E-state index contributed by atoms with van der Waals surface area (Å²) < 4.78 is 11.4. The average molecular weight is 313 g/mol. The van der Waals surface area contributed by atoms with E-state index in [0.717, 1.165) is 29.9 Å². The van der Waals surface area contributed by atoms with Crippen LogP contribution in [0, 0.1) is 5.41 Å². The largest absolute Gasteiger partial charge is 0.493 e. The molecule has 100 valence electrons. The molecule has 18 heavy (non-hydrogen) atoms. The Hall–Kier alpha value is -0.700. The minimum absolute atomic E-state index is 0.342. The second kappa shape index (κ2) is 5.96. The van der Waals surface area contributed by atoms with Crippen LogP contribution < -0.4 is 9.47 Å². The van der Waals surface area contributed by atoms with E-state index in [1.165, 1.54) is 24.8 Å². The van der Waals surface area contributed by atoms with Gasteiger partial charge in [0.25, 0.3) is 0 Å². The van der Waals surface area contributed by atoms with Crippen molar-refractivity contribution in [2.24, 2.45) is 5.41 Å². The molecular formula is C15H21BrO2. The Morgan fingerprint density at radius 3 is 2.56 bits per heavy atom. The molecule has 1 saturated carbocycles. The zero-order chi connectivity index (χ0) is 13.0. The van der Waals surface area contributed by atoms with Crippen LogP contribution in [-0.2, 0) is 6.42 Å². The molecule has 0 unspecified atom stereocenters. The third-order valence-electron chi connectivity index (χ3n) is 3.87. The molecule has 1 aromatic rings. The molecule has 0 N–H and O–H groups in total. The SMILES string of the molecule is CCc1ccc(OCC2(CBr)CCC2)c(OC)c1. The number of alkyl halides is 1. The van der Waals surface area contributed by atoms with Gasteiger partial charge in [-0.1, -0.05) is 35.3 Å². The smallest absolute Gasteiger partial charge is 0.161 e. The van der Waals surface area contributed by atoms with E-state index < -0.39 is 0 Å². The third-order valence-corrected chi connectivity index (χ3v) is 5.06. The number of aryl methyl sites for hydroxylation is 1. The van der Waals surface area contributed by atoms with Gasteiger partial charge in [-0.05, 0) is 37.0 Å². The lowest BCUT2D eigenvalue weighted by molar-refractivity contribution is 0.0820. The topological polar surface area (TPSA) is 18.5 Å². The first kappa shape index (κ1) is 13.7. The van der Waals surface area contributed by atoms with Gasteiger partial charge >= 0.3 is 0 Å². The molecule has 2 nitrogen and oxygen atoms in total. The van der Waals surface area contributed by atoms with E-state index in [4.69, 9.17) is 9.47 Å². The van der Waals surface area contributed by atoms with Crippen molar-refractivity contribution < 1.29 is 9.47 Å². The summed E-state index contributed by atoms with van der Waals surface area (Å²) in [6.07, 6.45) is 4.85. The van der Waals surface area contributed by atoms with E-state index in [-0.39, 0.29) is 0 Å². The predicted octanol–water partition coefficient (Wildman–Crippen LogP) is 4.20. The molecule has 0 heterocycles. The van der Waals surface area contributed by atoms with Crippen molar-refractivity contribution in [2.45, 2.75) is 32.6 Å².